The Morgan fingerprint density at radius 1 is 1.14 bits per heavy atom. The third-order valence-electron chi connectivity index (χ3n) is 4.57. The maximum Gasteiger partial charge on any atom is 0.275 e. The van der Waals surface area contributed by atoms with Crippen LogP contribution in [0.5, 0.6) is 0 Å². The summed E-state index contributed by atoms with van der Waals surface area (Å²) in [6.07, 6.45) is 9.58. The van der Waals surface area contributed by atoms with Crippen LogP contribution >= 0.6 is 0 Å². The highest BCUT2D eigenvalue weighted by molar-refractivity contribution is 5.92. The summed E-state index contributed by atoms with van der Waals surface area (Å²) in [4.78, 5) is 19.0. The lowest BCUT2D eigenvalue weighted by atomic mass is 9.98. The van der Waals surface area contributed by atoms with Gasteiger partial charge in [0.1, 0.15) is 6.26 Å². The summed E-state index contributed by atoms with van der Waals surface area (Å²) in [5.74, 6) is 1.15. The molecule has 0 atom stereocenters. The van der Waals surface area contributed by atoms with Crippen LogP contribution in [0.25, 0.3) is 0 Å². The lowest BCUT2D eigenvalue weighted by Gasteiger charge is -2.23. The van der Waals surface area contributed by atoms with Crippen molar-refractivity contribution in [2.45, 2.75) is 50.9 Å². The average molecular weight is 291 g/mol. The molecule has 2 aliphatic heterocycles. The van der Waals surface area contributed by atoms with Crippen LogP contribution in [0.1, 0.15) is 67.2 Å². The number of nitrogens with one attached hydrogen (secondary N) is 1. The fraction of sp³-hybridized carbons (Fsp3) is 0.750. The van der Waals surface area contributed by atoms with Gasteiger partial charge in [0, 0.05) is 19.0 Å². The lowest BCUT2D eigenvalue weighted by molar-refractivity contribution is 0.0736. The monoisotopic (exact) mass is 291 g/mol. The van der Waals surface area contributed by atoms with Crippen molar-refractivity contribution in [3.05, 3.63) is 17.8 Å². The van der Waals surface area contributed by atoms with Crippen molar-refractivity contribution in [1.29, 1.82) is 0 Å². The van der Waals surface area contributed by atoms with Gasteiger partial charge in [-0.3, -0.25) is 4.79 Å². The Balaban J connectivity index is 1.65. The van der Waals surface area contributed by atoms with Gasteiger partial charge in [0.05, 0.1) is 0 Å². The van der Waals surface area contributed by atoms with Crippen molar-refractivity contribution in [1.82, 2.24) is 15.2 Å². The van der Waals surface area contributed by atoms with Gasteiger partial charge < -0.3 is 14.6 Å². The van der Waals surface area contributed by atoms with Crippen LogP contribution in [0.3, 0.4) is 0 Å². The molecule has 0 bridgehead atoms. The van der Waals surface area contributed by atoms with Gasteiger partial charge in [-0.2, -0.15) is 0 Å². The topological polar surface area (TPSA) is 58.4 Å². The molecule has 2 fully saturated rings. The summed E-state index contributed by atoms with van der Waals surface area (Å²) in [6.45, 7) is 3.72. The minimum atomic E-state index is 0.0424. The van der Waals surface area contributed by atoms with Crippen LogP contribution < -0.4 is 5.32 Å². The zero-order valence-corrected chi connectivity index (χ0v) is 12.6. The van der Waals surface area contributed by atoms with Crippen molar-refractivity contribution in [2.75, 3.05) is 26.2 Å². The van der Waals surface area contributed by atoms with E-state index in [0.29, 0.717) is 11.6 Å². The fourth-order valence-electron chi connectivity index (χ4n) is 3.25. The first-order chi connectivity index (χ1) is 10.3. The molecule has 1 amide bonds. The van der Waals surface area contributed by atoms with Gasteiger partial charge in [0.2, 0.25) is 0 Å². The van der Waals surface area contributed by atoms with E-state index in [2.05, 4.69) is 10.3 Å². The number of hydrogen-bond donors (Lipinski definition) is 1. The molecule has 0 saturated carbocycles. The van der Waals surface area contributed by atoms with E-state index >= 15 is 0 Å². The first kappa shape index (κ1) is 14.6. The summed E-state index contributed by atoms with van der Waals surface area (Å²) >= 11 is 0. The number of nitrogens with zero attached hydrogens (tertiary/aromatic N) is 2. The number of carbonyl (C=O) groups is 1. The third-order valence-corrected chi connectivity index (χ3v) is 4.57. The number of carbonyl (C=O) groups excluding carboxylic acids is 1. The normalized spacial score (nSPS) is 21.8. The molecule has 0 aromatic carbocycles. The minimum absolute atomic E-state index is 0.0424. The minimum Gasteiger partial charge on any atom is -0.448 e. The third kappa shape index (κ3) is 3.64. The largest absolute Gasteiger partial charge is 0.448 e. The number of piperidine rings is 1. The molecule has 2 saturated heterocycles. The smallest absolute Gasteiger partial charge is 0.275 e. The molecular weight excluding hydrogens is 266 g/mol. The van der Waals surface area contributed by atoms with Crippen LogP contribution in [0.15, 0.2) is 10.7 Å². The quantitative estimate of drug-likeness (QED) is 0.909. The second kappa shape index (κ2) is 7.07. The molecule has 1 aromatic rings. The number of oxazole rings is 1. The average Bonchev–Trinajstić information content (AvgIpc) is 2.97. The van der Waals surface area contributed by atoms with Crippen LogP contribution in [-0.4, -0.2) is 42.0 Å². The molecule has 116 valence electrons. The van der Waals surface area contributed by atoms with Crippen molar-refractivity contribution in [3.63, 3.8) is 0 Å². The molecular formula is C16H25N3O2. The molecule has 5 heteroatoms. The van der Waals surface area contributed by atoms with Crippen molar-refractivity contribution >= 4 is 5.91 Å². The number of likely N-dealkylation sites (tertiary alicyclic amines) is 1. The number of aromatic nitrogens is 1. The Labute approximate surface area is 126 Å². The summed E-state index contributed by atoms with van der Waals surface area (Å²) < 4.78 is 5.59. The lowest BCUT2D eigenvalue weighted by Crippen LogP contribution is -2.34. The highest BCUT2D eigenvalue weighted by atomic mass is 16.3. The molecule has 0 unspecified atom stereocenters. The standard InChI is InChI=1S/C16H25N3O2/c20-16(19-10-4-2-1-3-5-11-19)14-12-21-15(18-14)13-6-8-17-9-7-13/h12-13,17H,1-11H2. The van der Waals surface area contributed by atoms with Gasteiger partial charge in [-0.1, -0.05) is 19.3 Å². The molecule has 5 nitrogen and oxygen atoms in total. The van der Waals surface area contributed by atoms with E-state index in [9.17, 15) is 4.79 Å². The first-order valence-corrected chi connectivity index (χ1v) is 8.30. The van der Waals surface area contributed by atoms with E-state index in [1.54, 1.807) is 6.26 Å². The highest BCUT2D eigenvalue weighted by Crippen LogP contribution is 2.25. The summed E-state index contributed by atoms with van der Waals surface area (Å²) in [7, 11) is 0. The molecule has 21 heavy (non-hydrogen) atoms. The zero-order chi connectivity index (χ0) is 14.5. The van der Waals surface area contributed by atoms with Crippen molar-refractivity contribution in [3.8, 4) is 0 Å². The van der Waals surface area contributed by atoms with Gasteiger partial charge >= 0.3 is 0 Å². The molecule has 0 aliphatic carbocycles. The van der Waals surface area contributed by atoms with Crippen LogP contribution in [-0.2, 0) is 0 Å². The molecule has 1 aromatic heterocycles. The van der Waals surface area contributed by atoms with Crippen molar-refractivity contribution < 1.29 is 9.21 Å². The maximum absolute atomic E-state index is 12.6. The van der Waals surface area contributed by atoms with Gasteiger partial charge in [0.15, 0.2) is 11.6 Å². The van der Waals surface area contributed by atoms with E-state index in [4.69, 9.17) is 4.42 Å². The zero-order valence-electron chi connectivity index (χ0n) is 12.6. The number of rotatable bonds is 2. The Bertz CT molecular complexity index is 458. The Hall–Kier alpha value is -1.36. The van der Waals surface area contributed by atoms with E-state index in [1.165, 1.54) is 19.3 Å². The Kier molecular flexibility index (Phi) is 4.91. The second-order valence-corrected chi connectivity index (χ2v) is 6.16. The van der Waals surface area contributed by atoms with Gasteiger partial charge in [-0.25, -0.2) is 4.98 Å². The number of amides is 1. The Morgan fingerprint density at radius 2 is 1.81 bits per heavy atom. The van der Waals surface area contributed by atoms with E-state index in [1.807, 2.05) is 4.90 Å². The summed E-state index contributed by atoms with van der Waals surface area (Å²) in [5, 5.41) is 3.33. The highest BCUT2D eigenvalue weighted by Gasteiger charge is 2.24. The van der Waals surface area contributed by atoms with E-state index in [0.717, 1.165) is 57.8 Å². The van der Waals surface area contributed by atoms with Crippen molar-refractivity contribution in [2.24, 2.45) is 0 Å². The van der Waals surface area contributed by atoms with Crippen LogP contribution in [0.2, 0.25) is 0 Å². The SMILES string of the molecule is O=C(c1coc(C2CCNCC2)n1)N1CCCCCCC1. The maximum atomic E-state index is 12.6. The van der Waals surface area contributed by atoms with Gasteiger partial charge in [-0.05, 0) is 38.8 Å². The molecule has 2 aliphatic rings. The molecule has 0 radical (unpaired) electrons. The number of hydrogen-bond acceptors (Lipinski definition) is 4. The van der Waals surface area contributed by atoms with Gasteiger partial charge in [-0.15, -0.1) is 0 Å². The predicted molar refractivity (Wildman–Crippen MR) is 80.3 cm³/mol. The summed E-state index contributed by atoms with van der Waals surface area (Å²) in [6, 6.07) is 0. The van der Waals surface area contributed by atoms with Gasteiger partial charge in [0.25, 0.3) is 5.91 Å². The molecule has 1 N–H and O–H groups in total. The van der Waals surface area contributed by atoms with E-state index in [-0.39, 0.29) is 5.91 Å². The van der Waals surface area contributed by atoms with Crippen LogP contribution in [0, 0.1) is 0 Å². The molecule has 3 heterocycles. The first-order valence-electron chi connectivity index (χ1n) is 8.30. The molecule has 0 spiro atoms. The summed E-state index contributed by atoms with van der Waals surface area (Å²) in [5.41, 5.74) is 0.490. The predicted octanol–water partition coefficient (Wildman–Crippen LogP) is 2.55. The molecule has 3 rings (SSSR count). The Morgan fingerprint density at radius 3 is 2.52 bits per heavy atom. The van der Waals surface area contributed by atoms with E-state index < -0.39 is 0 Å². The second-order valence-electron chi connectivity index (χ2n) is 6.16. The van der Waals surface area contributed by atoms with Crippen LogP contribution in [0.4, 0.5) is 0 Å². The fourth-order valence-corrected chi connectivity index (χ4v) is 3.25.